The molecule has 2 heteroatoms. The first-order valence-electron chi connectivity index (χ1n) is 27.1. The topological polar surface area (TPSA) is 6.48 Å². The fraction of sp³-hybridized carbons (Fsp3) is 0.135. The lowest BCUT2D eigenvalue weighted by Crippen LogP contribution is -2.22. The zero-order valence-corrected chi connectivity index (χ0v) is 44.3. The highest BCUT2D eigenvalue weighted by Gasteiger charge is 2.41. The number of fused-ring (bicyclic) bond motifs is 19. The van der Waals surface area contributed by atoms with Gasteiger partial charge in [0.1, 0.15) is 0 Å². The van der Waals surface area contributed by atoms with Gasteiger partial charge in [0.2, 0.25) is 0 Å². The van der Waals surface area contributed by atoms with Crippen molar-refractivity contribution >= 4 is 66.4 Å². The Balaban J connectivity index is 1.15. The Hall–Kier alpha value is -8.72. The third-order valence-electron chi connectivity index (χ3n) is 17.6. The van der Waals surface area contributed by atoms with Crippen molar-refractivity contribution in [2.75, 3.05) is 9.80 Å². The van der Waals surface area contributed by atoms with Gasteiger partial charge in [0.05, 0.1) is 22.7 Å². The van der Waals surface area contributed by atoms with E-state index in [1.54, 1.807) is 0 Å². The summed E-state index contributed by atoms with van der Waals surface area (Å²) in [4.78, 5) is 5.26. The van der Waals surface area contributed by atoms with E-state index in [2.05, 4.69) is 283 Å². The molecule has 2 aliphatic carbocycles. The van der Waals surface area contributed by atoms with E-state index in [4.69, 9.17) is 0 Å². The van der Waals surface area contributed by atoms with E-state index in [9.17, 15) is 0 Å². The Morgan fingerprint density at radius 1 is 0.316 bits per heavy atom. The molecule has 6 bridgehead atoms. The van der Waals surface area contributed by atoms with E-state index >= 15 is 0 Å². The SMILES string of the molecule is CC(C)(C)c1cc2ccc3c4cc(c5ccc(c1)c2c35)N(c1cccc2c1C(C)(C)c1ccccc1-2)c1cccc(c1)-c1ccccc1-c1ccccc1-c1cccc(c1)N4c1cccc2c1C(C)(C)c1ccccc1-2. The van der Waals surface area contributed by atoms with Crippen LogP contribution in [0, 0.1) is 0 Å². The molecule has 0 saturated heterocycles. The third-order valence-corrected chi connectivity index (χ3v) is 17.6. The molecule has 0 saturated carbocycles. The van der Waals surface area contributed by atoms with Gasteiger partial charge in [0.25, 0.3) is 0 Å². The van der Waals surface area contributed by atoms with Crippen molar-refractivity contribution in [1.82, 2.24) is 0 Å². The third kappa shape index (κ3) is 6.28. The van der Waals surface area contributed by atoms with Crippen LogP contribution in [-0.2, 0) is 16.2 Å². The second-order valence-corrected chi connectivity index (χ2v) is 23.7. The highest BCUT2D eigenvalue weighted by Crippen LogP contribution is 2.59. The second-order valence-electron chi connectivity index (χ2n) is 23.7. The Morgan fingerprint density at radius 3 is 1.16 bits per heavy atom. The quantitative estimate of drug-likeness (QED) is 0.159. The monoisotopic (exact) mass is 974 g/mol. The standard InChI is InChI=1S/C74H58N2/c1-72(2,3)49-40-47-36-38-60-66-44-67(61-39-37-48(41-49)68(47)69(60)61)76(65-35-19-31-59-57-29-13-15-33-63(57)74(6,7)71(59)65)51-23-17-21-46(43-51)53-25-9-11-27-55(53)54-26-10-8-24-52(54)45-20-16-22-50(42-45)75(66)64-34-18-30-58-56-28-12-14-32-62(56)73(4,5)70(58)64/h8-44H,1-7H3. The van der Waals surface area contributed by atoms with Crippen molar-refractivity contribution < 1.29 is 0 Å². The van der Waals surface area contributed by atoms with Gasteiger partial charge in [0, 0.05) is 38.4 Å². The van der Waals surface area contributed by atoms with Crippen LogP contribution in [0.2, 0.25) is 0 Å². The summed E-state index contributed by atoms with van der Waals surface area (Å²) in [5.41, 5.74) is 25.3. The van der Waals surface area contributed by atoms with Crippen LogP contribution in [0.15, 0.2) is 224 Å². The van der Waals surface area contributed by atoms with Gasteiger partial charge >= 0.3 is 0 Å². The molecule has 12 aromatic carbocycles. The van der Waals surface area contributed by atoms with Gasteiger partial charge < -0.3 is 9.80 Å². The summed E-state index contributed by atoms with van der Waals surface area (Å²) >= 11 is 0. The van der Waals surface area contributed by atoms with Gasteiger partial charge in [-0.05, 0) is 147 Å². The first kappa shape index (κ1) is 44.7. The van der Waals surface area contributed by atoms with E-state index in [1.165, 1.54) is 127 Å². The number of anilines is 6. The number of nitrogens with zero attached hydrogens (tertiary/aromatic N) is 2. The number of hydrogen-bond acceptors (Lipinski definition) is 2. The normalized spacial score (nSPS) is 14.7. The van der Waals surface area contributed by atoms with Crippen molar-refractivity contribution in [3.05, 3.63) is 252 Å². The molecule has 15 rings (SSSR count). The first-order valence-corrected chi connectivity index (χ1v) is 27.1. The molecule has 3 aliphatic rings. The van der Waals surface area contributed by atoms with Gasteiger partial charge in [-0.3, -0.25) is 0 Å². The molecule has 0 radical (unpaired) electrons. The molecule has 364 valence electrons. The Bertz CT molecular complexity index is 4140. The lowest BCUT2D eigenvalue weighted by molar-refractivity contribution is 0.591. The summed E-state index contributed by atoms with van der Waals surface area (Å²) < 4.78 is 0. The maximum atomic E-state index is 2.63. The van der Waals surface area contributed by atoms with Crippen molar-refractivity contribution in [2.24, 2.45) is 0 Å². The summed E-state index contributed by atoms with van der Waals surface area (Å²) in [6.45, 7) is 16.7. The van der Waals surface area contributed by atoms with E-state index in [0.29, 0.717) is 0 Å². The molecule has 0 aromatic heterocycles. The number of hydrogen-bond donors (Lipinski definition) is 0. The molecule has 1 aliphatic heterocycles. The van der Waals surface area contributed by atoms with Crippen molar-refractivity contribution in [3.8, 4) is 55.6 Å². The lowest BCUT2D eigenvalue weighted by Gasteiger charge is -2.36. The van der Waals surface area contributed by atoms with Crippen LogP contribution in [0.1, 0.15) is 76.3 Å². The Kier molecular flexibility index (Phi) is 9.36. The average molecular weight is 975 g/mol. The van der Waals surface area contributed by atoms with Crippen LogP contribution in [0.3, 0.4) is 0 Å². The molecule has 2 nitrogen and oxygen atoms in total. The second kappa shape index (κ2) is 15.9. The van der Waals surface area contributed by atoms with Crippen molar-refractivity contribution in [2.45, 2.75) is 64.7 Å². The van der Waals surface area contributed by atoms with Crippen molar-refractivity contribution in [1.29, 1.82) is 0 Å². The summed E-state index contributed by atoms with van der Waals surface area (Å²) in [7, 11) is 0. The van der Waals surface area contributed by atoms with Crippen LogP contribution in [0.4, 0.5) is 34.1 Å². The highest BCUT2D eigenvalue weighted by atomic mass is 15.2. The largest absolute Gasteiger partial charge is 0.309 e. The minimum absolute atomic E-state index is 0.0263. The zero-order valence-electron chi connectivity index (χ0n) is 44.3. The molecule has 0 spiro atoms. The Morgan fingerprint density at radius 2 is 0.711 bits per heavy atom. The van der Waals surface area contributed by atoms with Gasteiger partial charge in [-0.25, -0.2) is 0 Å². The maximum absolute atomic E-state index is 2.63. The van der Waals surface area contributed by atoms with Crippen LogP contribution >= 0.6 is 0 Å². The molecule has 76 heavy (non-hydrogen) atoms. The molecule has 0 unspecified atom stereocenters. The molecule has 0 atom stereocenters. The van der Waals surface area contributed by atoms with E-state index < -0.39 is 0 Å². The number of benzene rings is 12. The summed E-state index contributed by atoms with van der Waals surface area (Å²) in [6, 6.07) is 86.0. The minimum Gasteiger partial charge on any atom is -0.309 e. The van der Waals surface area contributed by atoms with E-state index in [1.807, 2.05) is 0 Å². The van der Waals surface area contributed by atoms with Gasteiger partial charge in [0.15, 0.2) is 0 Å². The first-order chi connectivity index (χ1) is 36.9. The predicted molar refractivity (Wildman–Crippen MR) is 323 cm³/mol. The smallest absolute Gasteiger partial charge is 0.0561 e. The fourth-order valence-corrected chi connectivity index (χ4v) is 14.1. The van der Waals surface area contributed by atoms with E-state index in [0.717, 1.165) is 22.7 Å². The predicted octanol–water partition coefficient (Wildman–Crippen LogP) is 20.7. The van der Waals surface area contributed by atoms with Gasteiger partial charge in [-0.15, -0.1) is 0 Å². The van der Waals surface area contributed by atoms with Crippen LogP contribution in [-0.4, -0.2) is 0 Å². The molecule has 0 fully saturated rings. The fourth-order valence-electron chi connectivity index (χ4n) is 14.1. The van der Waals surface area contributed by atoms with Crippen molar-refractivity contribution in [3.63, 3.8) is 0 Å². The molecule has 0 N–H and O–H groups in total. The highest BCUT2D eigenvalue weighted by molar-refractivity contribution is 6.29. The van der Waals surface area contributed by atoms with Gasteiger partial charge in [-0.2, -0.15) is 0 Å². The van der Waals surface area contributed by atoms with E-state index in [-0.39, 0.29) is 16.2 Å². The maximum Gasteiger partial charge on any atom is 0.0561 e. The summed E-state index contributed by atoms with van der Waals surface area (Å²) in [5, 5.41) is 7.53. The molecular weight excluding hydrogens is 917 g/mol. The van der Waals surface area contributed by atoms with Crippen LogP contribution in [0.25, 0.3) is 88.0 Å². The summed E-state index contributed by atoms with van der Waals surface area (Å²) in [6.07, 6.45) is 0. The Labute approximate surface area is 446 Å². The zero-order chi connectivity index (χ0) is 51.4. The van der Waals surface area contributed by atoms with Gasteiger partial charge in [-0.1, -0.05) is 230 Å². The molecule has 0 amide bonds. The summed E-state index contributed by atoms with van der Waals surface area (Å²) in [5.74, 6) is 0. The molecule has 12 aromatic rings. The average Bonchev–Trinajstić information content (AvgIpc) is 3.83. The molecular formula is C74H58N2. The lowest BCUT2D eigenvalue weighted by atomic mass is 9.80. The number of rotatable bonds is 2. The molecule has 1 heterocycles. The van der Waals surface area contributed by atoms with Crippen LogP contribution in [0.5, 0.6) is 0 Å². The van der Waals surface area contributed by atoms with Crippen LogP contribution < -0.4 is 9.80 Å². The minimum atomic E-state index is -0.291.